The number of hydrogen-bond donors (Lipinski definition) is 1. The Morgan fingerprint density at radius 3 is 2.83 bits per heavy atom. The van der Waals surface area contributed by atoms with Crippen LogP contribution in [0.25, 0.3) is 0 Å². The molecule has 1 unspecified atom stereocenters. The lowest BCUT2D eigenvalue weighted by atomic mass is 10.1. The van der Waals surface area contributed by atoms with Gasteiger partial charge in [0.25, 0.3) is 0 Å². The topological polar surface area (TPSA) is 72.0 Å². The molecule has 1 aliphatic rings. The van der Waals surface area contributed by atoms with Crippen molar-refractivity contribution in [2.75, 3.05) is 16.8 Å². The molecule has 2 heterocycles. The third kappa shape index (κ3) is 3.41. The molecule has 100 valence electrons. The van der Waals surface area contributed by atoms with E-state index in [-0.39, 0.29) is 11.8 Å². The van der Waals surface area contributed by atoms with Gasteiger partial charge < -0.3 is 5.32 Å². The molecular formula is C12H19N3O2S. The summed E-state index contributed by atoms with van der Waals surface area (Å²) in [7, 11) is -2.88. The van der Waals surface area contributed by atoms with E-state index in [2.05, 4.69) is 29.1 Å². The van der Waals surface area contributed by atoms with E-state index in [9.17, 15) is 8.42 Å². The molecule has 0 radical (unpaired) electrons. The summed E-state index contributed by atoms with van der Waals surface area (Å²) in [5.41, 5.74) is 0.964. The fourth-order valence-corrected chi connectivity index (χ4v) is 3.75. The number of anilines is 1. The molecule has 1 N–H and O–H groups in total. The maximum atomic E-state index is 11.6. The third-order valence-corrected chi connectivity index (χ3v) is 4.92. The Hall–Kier alpha value is -1.17. The van der Waals surface area contributed by atoms with Crippen LogP contribution >= 0.6 is 0 Å². The van der Waals surface area contributed by atoms with Gasteiger partial charge in [-0.25, -0.2) is 18.4 Å². The van der Waals surface area contributed by atoms with Crippen LogP contribution in [-0.2, 0) is 9.84 Å². The van der Waals surface area contributed by atoms with Crippen LogP contribution in [-0.4, -0.2) is 35.9 Å². The van der Waals surface area contributed by atoms with Gasteiger partial charge in [-0.3, -0.25) is 0 Å². The van der Waals surface area contributed by atoms with Gasteiger partial charge in [-0.2, -0.15) is 0 Å². The molecule has 0 saturated carbocycles. The lowest BCUT2D eigenvalue weighted by Crippen LogP contribution is -2.35. The molecule has 0 spiro atoms. The van der Waals surface area contributed by atoms with Crippen molar-refractivity contribution in [1.82, 2.24) is 9.97 Å². The molecule has 1 atom stereocenters. The average molecular weight is 269 g/mol. The van der Waals surface area contributed by atoms with E-state index >= 15 is 0 Å². The minimum atomic E-state index is -2.88. The summed E-state index contributed by atoms with van der Waals surface area (Å²) in [5.74, 6) is 1.57. The average Bonchev–Trinajstić information content (AvgIpc) is 2.28. The first kappa shape index (κ1) is 13.3. The molecule has 18 heavy (non-hydrogen) atoms. The SMILES string of the molecule is CC(C)c1cc(NC2CCCS(=O)(=O)C2)ncn1. The quantitative estimate of drug-likeness (QED) is 0.902. The van der Waals surface area contributed by atoms with Gasteiger partial charge in [0, 0.05) is 17.8 Å². The molecule has 2 rings (SSSR count). The Morgan fingerprint density at radius 2 is 2.17 bits per heavy atom. The van der Waals surface area contributed by atoms with Crippen LogP contribution in [0.5, 0.6) is 0 Å². The van der Waals surface area contributed by atoms with Gasteiger partial charge in [0.05, 0.1) is 11.5 Å². The number of rotatable bonds is 3. The zero-order chi connectivity index (χ0) is 13.2. The van der Waals surface area contributed by atoms with Crippen molar-refractivity contribution in [2.24, 2.45) is 0 Å². The fraction of sp³-hybridized carbons (Fsp3) is 0.667. The Morgan fingerprint density at radius 1 is 1.39 bits per heavy atom. The minimum absolute atomic E-state index is 0.0290. The van der Waals surface area contributed by atoms with Crippen LogP contribution in [0.1, 0.15) is 38.3 Å². The van der Waals surface area contributed by atoms with Crippen LogP contribution in [0, 0.1) is 0 Å². The summed E-state index contributed by atoms with van der Waals surface area (Å²) < 4.78 is 23.1. The Kier molecular flexibility index (Phi) is 3.85. The summed E-state index contributed by atoms with van der Waals surface area (Å²) in [6.07, 6.45) is 3.12. The van der Waals surface area contributed by atoms with Gasteiger partial charge in [0.15, 0.2) is 9.84 Å². The van der Waals surface area contributed by atoms with Gasteiger partial charge in [-0.1, -0.05) is 13.8 Å². The lowest BCUT2D eigenvalue weighted by Gasteiger charge is -2.23. The summed E-state index contributed by atoms with van der Waals surface area (Å²) in [4.78, 5) is 8.34. The number of sulfone groups is 1. The molecule has 0 aliphatic carbocycles. The first-order valence-electron chi connectivity index (χ1n) is 6.25. The largest absolute Gasteiger partial charge is 0.366 e. The number of nitrogens with zero attached hydrogens (tertiary/aromatic N) is 2. The van der Waals surface area contributed by atoms with Crippen LogP contribution in [0.15, 0.2) is 12.4 Å². The second-order valence-corrected chi connectivity index (χ2v) is 7.31. The second-order valence-electron chi connectivity index (χ2n) is 5.08. The maximum Gasteiger partial charge on any atom is 0.152 e. The van der Waals surface area contributed by atoms with Crippen molar-refractivity contribution in [3.63, 3.8) is 0 Å². The van der Waals surface area contributed by atoms with Gasteiger partial charge in [0.1, 0.15) is 12.1 Å². The Bertz CT molecular complexity index is 514. The summed E-state index contributed by atoms with van der Waals surface area (Å²) in [6, 6.07) is 1.87. The molecule has 1 saturated heterocycles. The van der Waals surface area contributed by atoms with E-state index in [0.717, 1.165) is 24.4 Å². The standard InChI is InChI=1S/C12H19N3O2S/c1-9(2)11-6-12(14-8-13-11)15-10-4-3-5-18(16,17)7-10/h6,8-10H,3-5,7H2,1-2H3,(H,13,14,15). The first-order chi connectivity index (χ1) is 8.46. The lowest BCUT2D eigenvalue weighted by molar-refractivity contribution is 0.561. The highest BCUT2D eigenvalue weighted by atomic mass is 32.2. The number of hydrogen-bond acceptors (Lipinski definition) is 5. The monoisotopic (exact) mass is 269 g/mol. The Labute approximate surface area is 108 Å². The molecule has 0 bridgehead atoms. The zero-order valence-electron chi connectivity index (χ0n) is 10.8. The van der Waals surface area contributed by atoms with E-state index in [0.29, 0.717) is 11.7 Å². The highest BCUT2D eigenvalue weighted by Crippen LogP contribution is 2.18. The normalized spacial score (nSPS) is 22.9. The van der Waals surface area contributed by atoms with E-state index in [1.54, 1.807) is 0 Å². The zero-order valence-corrected chi connectivity index (χ0v) is 11.6. The van der Waals surface area contributed by atoms with Gasteiger partial charge in [-0.15, -0.1) is 0 Å². The van der Waals surface area contributed by atoms with E-state index in [1.165, 1.54) is 6.33 Å². The highest BCUT2D eigenvalue weighted by Gasteiger charge is 2.24. The fourth-order valence-electron chi connectivity index (χ4n) is 2.11. The van der Waals surface area contributed by atoms with E-state index in [4.69, 9.17) is 0 Å². The van der Waals surface area contributed by atoms with E-state index < -0.39 is 9.84 Å². The molecule has 1 aromatic rings. The van der Waals surface area contributed by atoms with E-state index in [1.807, 2.05) is 6.07 Å². The predicted octanol–water partition coefficient (Wildman–Crippen LogP) is 1.59. The van der Waals surface area contributed by atoms with Crippen LogP contribution in [0.3, 0.4) is 0 Å². The highest BCUT2D eigenvalue weighted by molar-refractivity contribution is 7.91. The molecule has 1 aliphatic heterocycles. The van der Waals surface area contributed by atoms with Crippen LogP contribution < -0.4 is 5.32 Å². The van der Waals surface area contributed by atoms with Gasteiger partial charge in [-0.05, 0) is 18.8 Å². The second kappa shape index (κ2) is 5.22. The summed E-state index contributed by atoms with van der Waals surface area (Å²) in [6.45, 7) is 4.13. The molecule has 1 aromatic heterocycles. The number of nitrogens with one attached hydrogen (secondary N) is 1. The Balaban J connectivity index is 2.07. The van der Waals surface area contributed by atoms with Crippen molar-refractivity contribution < 1.29 is 8.42 Å². The van der Waals surface area contributed by atoms with Crippen LogP contribution in [0.4, 0.5) is 5.82 Å². The molecule has 5 nitrogen and oxygen atoms in total. The third-order valence-electron chi connectivity index (χ3n) is 3.09. The van der Waals surface area contributed by atoms with Crippen molar-refractivity contribution in [2.45, 2.75) is 38.6 Å². The smallest absolute Gasteiger partial charge is 0.152 e. The molecule has 0 aromatic carbocycles. The van der Waals surface area contributed by atoms with Crippen molar-refractivity contribution >= 4 is 15.7 Å². The van der Waals surface area contributed by atoms with Crippen molar-refractivity contribution in [3.8, 4) is 0 Å². The first-order valence-corrected chi connectivity index (χ1v) is 8.07. The molecule has 6 heteroatoms. The van der Waals surface area contributed by atoms with Crippen LogP contribution in [0.2, 0.25) is 0 Å². The predicted molar refractivity (Wildman–Crippen MR) is 71.4 cm³/mol. The summed E-state index contributed by atoms with van der Waals surface area (Å²) >= 11 is 0. The van der Waals surface area contributed by atoms with Crippen molar-refractivity contribution in [1.29, 1.82) is 0 Å². The molecule has 0 amide bonds. The molecule has 1 fully saturated rings. The van der Waals surface area contributed by atoms with Gasteiger partial charge >= 0.3 is 0 Å². The molecular weight excluding hydrogens is 250 g/mol. The van der Waals surface area contributed by atoms with Gasteiger partial charge in [0.2, 0.25) is 0 Å². The number of aromatic nitrogens is 2. The minimum Gasteiger partial charge on any atom is -0.366 e. The summed E-state index contributed by atoms with van der Waals surface area (Å²) in [5, 5.41) is 3.20. The maximum absolute atomic E-state index is 11.6. The van der Waals surface area contributed by atoms with Crippen molar-refractivity contribution in [3.05, 3.63) is 18.1 Å².